The van der Waals surface area contributed by atoms with Crippen LogP contribution in [0.2, 0.25) is 0 Å². The maximum absolute atomic E-state index is 13.8. The van der Waals surface area contributed by atoms with E-state index in [0.29, 0.717) is 25.2 Å². The number of benzene rings is 1. The molecule has 232 valence electrons. The Morgan fingerprint density at radius 1 is 1.00 bits per heavy atom. The van der Waals surface area contributed by atoms with Crippen molar-refractivity contribution in [3.63, 3.8) is 0 Å². The number of carbonyl (C=O) groups excluding carboxylic acids is 2. The van der Waals surface area contributed by atoms with E-state index in [0.717, 1.165) is 24.0 Å². The first-order valence-corrected chi connectivity index (χ1v) is 16.0. The summed E-state index contributed by atoms with van der Waals surface area (Å²) in [5, 5.41) is 3.20. The van der Waals surface area contributed by atoms with Gasteiger partial charge in [-0.05, 0) is 58.6 Å². The molecule has 1 N–H and O–H groups in total. The van der Waals surface area contributed by atoms with Crippen LogP contribution in [0.5, 0.6) is 0 Å². The number of fused-ring (bicyclic) bond motifs is 1. The van der Waals surface area contributed by atoms with Crippen LogP contribution in [0.15, 0.2) is 29.1 Å². The number of para-hydroxylation sites is 2. The highest BCUT2D eigenvalue weighted by molar-refractivity contribution is 5.76. The SMILES string of the molecule is CCOC(=O)CN(CCNc1nc2ccccc2n([C@@H](C)C[C@@H]2CCN2C2CCCCCCC2)c1=O)CC(=O)OCC. The molecule has 10 nitrogen and oxygen atoms in total. The molecule has 42 heavy (non-hydrogen) atoms. The number of aromatic nitrogens is 2. The lowest BCUT2D eigenvalue weighted by atomic mass is 9.88. The normalized spacial score (nSPS) is 19.1. The molecule has 2 aliphatic rings. The van der Waals surface area contributed by atoms with Crippen LogP contribution in [0.3, 0.4) is 0 Å². The number of hydrogen-bond donors (Lipinski definition) is 1. The zero-order chi connectivity index (χ0) is 29.9. The van der Waals surface area contributed by atoms with Crippen LogP contribution in [0.4, 0.5) is 5.82 Å². The molecule has 1 aliphatic carbocycles. The van der Waals surface area contributed by atoms with Crippen molar-refractivity contribution in [1.82, 2.24) is 19.4 Å². The molecular weight excluding hydrogens is 534 g/mol. The van der Waals surface area contributed by atoms with Gasteiger partial charge in [-0.15, -0.1) is 0 Å². The van der Waals surface area contributed by atoms with Crippen LogP contribution in [0, 0.1) is 0 Å². The Hall–Kier alpha value is -2.98. The third-order valence-electron chi connectivity index (χ3n) is 8.62. The Balaban J connectivity index is 1.46. The van der Waals surface area contributed by atoms with Gasteiger partial charge >= 0.3 is 11.9 Å². The van der Waals surface area contributed by atoms with Crippen LogP contribution in [0.1, 0.15) is 84.6 Å². The molecule has 0 spiro atoms. The zero-order valence-electron chi connectivity index (χ0n) is 25.7. The predicted octanol–water partition coefficient (Wildman–Crippen LogP) is 4.37. The van der Waals surface area contributed by atoms with Crippen molar-refractivity contribution in [2.75, 3.05) is 51.3 Å². The van der Waals surface area contributed by atoms with Crippen molar-refractivity contribution < 1.29 is 19.1 Å². The first-order chi connectivity index (χ1) is 20.4. The highest BCUT2D eigenvalue weighted by atomic mass is 16.5. The monoisotopic (exact) mass is 583 g/mol. The summed E-state index contributed by atoms with van der Waals surface area (Å²) in [4.78, 5) is 47.1. The van der Waals surface area contributed by atoms with E-state index in [4.69, 9.17) is 9.47 Å². The van der Waals surface area contributed by atoms with Gasteiger partial charge in [-0.3, -0.25) is 24.2 Å². The van der Waals surface area contributed by atoms with Gasteiger partial charge in [-0.2, -0.15) is 0 Å². The second-order valence-corrected chi connectivity index (χ2v) is 11.6. The van der Waals surface area contributed by atoms with E-state index in [1.807, 2.05) is 28.8 Å². The highest BCUT2D eigenvalue weighted by Crippen LogP contribution is 2.33. The van der Waals surface area contributed by atoms with Gasteiger partial charge in [0.15, 0.2) is 5.82 Å². The van der Waals surface area contributed by atoms with Crippen molar-refractivity contribution in [1.29, 1.82) is 0 Å². The fraction of sp³-hybridized carbons (Fsp3) is 0.688. The topological polar surface area (TPSA) is 106 Å². The third-order valence-corrected chi connectivity index (χ3v) is 8.62. The lowest BCUT2D eigenvalue weighted by molar-refractivity contribution is -0.148. The Labute approximate surface area is 249 Å². The average molecular weight is 584 g/mol. The molecule has 2 aromatic rings. The number of ether oxygens (including phenoxy) is 2. The first-order valence-electron chi connectivity index (χ1n) is 16.0. The minimum atomic E-state index is -0.411. The highest BCUT2D eigenvalue weighted by Gasteiger charge is 2.35. The predicted molar refractivity (Wildman–Crippen MR) is 165 cm³/mol. The van der Waals surface area contributed by atoms with E-state index in [9.17, 15) is 14.4 Å². The summed E-state index contributed by atoms with van der Waals surface area (Å²) in [5.74, 6) is -0.546. The molecule has 1 saturated carbocycles. The molecule has 2 fully saturated rings. The van der Waals surface area contributed by atoms with Crippen LogP contribution in [0.25, 0.3) is 11.0 Å². The number of nitrogens with zero attached hydrogens (tertiary/aromatic N) is 4. The van der Waals surface area contributed by atoms with Crippen LogP contribution in [-0.2, 0) is 19.1 Å². The second-order valence-electron chi connectivity index (χ2n) is 11.6. The smallest absolute Gasteiger partial charge is 0.320 e. The number of likely N-dealkylation sites (tertiary alicyclic amines) is 1. The second kappa shape index (κ2) is 16.0. The summed E-state index contributed by atoms with van der Waals surface area (Å²) in [5.41, 5.74) is 1.44. The molecule has 2 atom stereocenters. The minimum Gasteiger partial charge on any atom is -0.465 e. The molecule has 0 amide bonds. The van der Waals surface area contributed by atoms with E-state index in [1.165, 1.54) is 51.4 Å². The molecule has 1 aromatic carbocycles. The van der Waals surface area contributed by atoms with E-state index >= 15 is 0 Å². The van der Waals surface area contributed by atoms with E-state index < -0.39 is 11.9 Å². The number of rotatable bonds is 14. The zero-order valence-corrected chi connectivity index (χ0v) is 25.7. The summed E-state index contributed by atoms with van der Waals surface area (Å²) in [6, 6.07) is 8.97. The van der Waals surface area contributed by atoms with Crippen molar-refractivity contribution in [3.8, 4) is 0 Å². The summed E-state index contributed by atoms with van der Waals surface area (Å²) >= 11 is 0. The van der Waals surface area contributed by atoms with Crippen LogP contribution < -0.4 is 10.9 Å². The molecule has 2 heterocycles. The van der Waals surface area contributed by atoms with Crippen molar-refractivity contribution >= 4 is 28.8 Å². The number of esters is 2. The molecule has 0 bridgehead atoms. The van der Waals surface area contributed by atoms with Crippen LogP contribution in [-0.4, -0.2) is 89.3 Å². The van der Waals surface area contributed by atoms with E-state index in [1.54, 1.807) is 18.7 Å². The minimum absolute atomic E-state index is 0.0106. The van der Waals surface area contributed by atoms with Gasteiger partial charge in [0, 0.05) is 37.8 Å². The van der Waals surface area contributed by atoms with E-state index in [2.05, 4.69) is 22.1 Å². The fourth-order valence-corrected chi connectivity index (χ4v) is 6.49. The number of anilines is 1. The number of nitrogens with one attached hydrogen (secondary N) is 1. The summed E-state index contributed by atoms with van der Waals surface area (Å²) < 4.78 is 12.0. The summed E-state index contributed by atoms with van der Waals surface area (Å²) in [7, 11) is 0. The first kappa shape index (κ1) is 31.9. The summed E-state index contributed by atoms with van der Waals surface area (Å²) in [6.45, 7) is 7.90. The quantitative estimate of drug-likeness (QED) is 0.325. The van der Waals surface area contributed by atoms with Gasteiger partial charge in [0.2, 0.25) is 0 Å². The maximum atomic E-state index is 13.8. The van der Waals surface area contributed by atoms with Crippen molar-refractivity contribution in [2.24, 2.45) is 0 Å². The maximum Gasteiger partial charge on any atom is 0.320 e. The Morgan fingerprint density at radius 2 is 1.64 bits per heavy atom. The fourth-order valence-electron chi connectivity index (χ4n) is 6.49. The number of carbonyl (C=O) groups is 2. The van der Waals surface area contributed by atoms with Gasteiger partial charge in [-0.1, -0.05) is 44.2 Å². The summed E-state index contributed by atoms with van der Waals surface area (Å²) in [6.07, 6.45) is 11.4. The Kier molecular flexibility index (Phi) is 12.2. The average Bonchev–Trinajstić information content (AvgIpc) is 2.92. The Bertz CT molecular complexity index is 1210. The molecule has 1 aliphatic heterocycles. The van der Waals surface area contributed by atoms with Crippen molar-refractivity contribution in [2.45, 2.75) is 96.7 Å². The van der Waals surface area contributed by atoms with Gasteiger partial charge in [-0.25, -0.2) is 4.98 Å². The van der Waals surface area contributed by atoms with E-state index in [-0.39, 0.29) is 43.7 Å². The molecular formula is C32H49N5O5. The molecule has 10 heteroatoms. The molecule has 4 rings (SSSR count). The van der Waals surface area contributed by atoms with Gasteiger partial charge in [0.1, 0.15) is 0 Å². The molecule has 1 saturated heterocycles. The molecule has 0 unspecified atom stereocenters. The van der Waals surface area contributed by atoms with Gasteiger partial charge in [0.05, 0.1) is 37.3 Å². The lowest BCUT2D eigenvalue weighted by Crippen LogP contribution is -2.54. The molecule has 0 radical (unpaired) electrons. The third kappa shape index (κ3) is 8.53. The van der Waals surface area contributed by atoms with Crippen molar-refractivity contribution in [3.05, 3.63) is 34.6 Å². The van der Waals surface area contributed by atoms with Gasteiger partial charge in [0.25, 0.3) is 5.56 Å². The van der Waals surface area contributed by atoms with Crippen LogP contribution >= 0.6 is 0 Å². The van der Waals surface area contributed by atoms with Gasteiger partial charge < -0.3 is 19.4 Å². The standard InChI is InChI=1S/C32H49N5O5/c1-4-41-29(38)22-35(23-30(39)42-5-2)20-18-33-31-32(40)37(28-16-12-11-15-27(28)34-31)24(3)21-26-17-19-36(26)25-13-9-7-6-8-10-14-25/h11-12,15-16,24-26H,4-10,13-14,17-23H2,1-3H3,(H,33,34)/t24-,26-/m0/s1. The Morgan fingerprint density at radius 3 is 2.26 bits per heavy atom. The lowest BCUT2D eigenvalue weighted by Gasteiger charge is -2.48. The number of hydrogen-bond acceptors (Lipinski definition) is 9. The largest absolute Gasteiger partial charge is 0.465 e. The molecule has 1 aromatic heterocycles.